The number of rotatable bonds is 4. The predicted octanol–water partition coefficient (Wildman–Crippen LogP) is 2.41. The van der Waals surface area contributed by atoms with E-state index in [-0.39, 0.29) is 18.1 Å². The summed E-state index contributed by atoms with van der Waals surface area (Å²) in [6.45, 7) is 2.56. The lowest BCUT2D eigenvalue weighted by Crippen LogP contribution is -2.48. The third kappa shape index (κ3) is 4.65. The molecule has 0 unspecified atom stereocenters. The second kappa shape index (κ2) is 9.23. The first-order valence-electron chi connectivity index (χ1n) is 10.2. The van der Waals surface area contributed by atoms with Gasteiger partial charge < -0.3 is 4.90 Å². The Balaban J connectivity index is 1.44. The predicted molar refractivity (Wildman–Crippen MR) is 122 cm³/mol. The number of fused-ring (bicyclic) bond motifs is 1. The van der Waals surface area contributed by atoms with Gasteiger partial charge in [0.15, 0.2) is 5.69 Å². The molecular formula is C23H22ClN5O3. The number of hydrazine groups is 1. The van der Waals surface area contributed by atoms with Gasteiger partial charge in [0.2, 0.25) is 5.43 Å². The minimum absolute atomic E-state index is 0.0909. The molecule has 2 heterocycles. The van der Waals surface area contributed by atoms with Crippen LogP contribution in [0.4, 0.5) is 5.69 Å². The Morgan fingerprint density at radius 2 is 1.84 bits per heavy atom. The summed E-state index contributed by atoms with van der Waals surface area (Å²) in [5.41, 5.74) is 7.24. The summed E-state index contributed by atoms with van der Waals surface area (Å²) in [7, 11) is 0. The van der Waals surface area contributed by atoms with Gasteiger partial charge in [0.05, 0.1) is 12.2 Å². The molecule has 0 aliphatic carbocycles. The standard InChI is InChI=1S/C23H22ClN5O3/c1-15-13-20(30)22(27-29(15)18-10-8-17(24)9-11-18)23(32)26-25-21(31)14-28-12-4-6-16-5-2-3-7-19(16)28/h2-3,5,7-11,13H,4,6,12,14H2,1H3,(H,25,31)(H,26,32). The summed E-state index contributed by atoms with van der Waals surface area (Å²) in [6, 6.07) is 16.1. The average Bonchev–Trinajstić information content (AvgIpc) is 2.79. The molecule has 0 radical (unpaired) electrons. The zero-order valence-electron chi connectivity index (χ0n) is 17.5. The smallest absolute Gasteiger partial charge is 0.294 e. The number of carbonyl (C=O) groups excluding carboxylic acids is 2. The first-order chi connectivity index (χ1) is 15.4. The van der Waals surface area contributed by atoms with Crippen molar-refractivity contribution in [1.82, 2.24) is 20.6 Å². The van der Waals surface area contributed by atoms with Crippen LogP contribution in [0.1, 0.15) is 28.2 Å². The van der Waals surface area contributed by atoms with Crippen molar-refractivity contribution in [2.24, 2.45) is 0 Å². The molecule has 2 N–H and O–H groups in total. The van der Waals surface area contributed by atoms with Crippen LogP contribution >= 0.6 is 11.6 Å². The molecule has 32 heavy (non-hydrogen) atoms. The van der Waals surface area contributed by atoms with Gasteiger partial charge in [-0.05, 0) is 55.7 Å². The summed E-state index contributed by atoms with van der Waals surface area (Å²) in [6.07, 6.45) is 1.93. The highest BCUT2D eigenvalue weighted by Gasteiger charge is 2.20. The van der Waals surface area contributed by atoms with Gasteiger partial charge in [0.25, 0.3) is 11.8 Å². The van der Waals surface area contributed by atoms with Crippen LogP contribution in [0.3, 0.4) is 0 Å². The van der Waals surface area contributed by atoms with Crippen LogP contribution in [-0.2, 0) is 11.2 Å². The number of amides is 2. The molecule has 4 rings (SSSR count). The van der Waals surface area contributed by atoms with E-state index >= 15 is 0 Å². The minimum atomic E-state index is -0.787. The van der Waals surface area contributed by atoms with Crippen molar-refractivity contribution in [3.8, 4) is 5.69 Å². The van der Waals surface area contributed by atoms with Crippen molar-refractivity contribution >= 4 is 29.1 Å². The maximum absolute atomic E-state index is 12.6. The zero-order chi connectivity index (χ0) is 22.7. The van der Waals surface area contributed by atoms with Gasteiger partial charge in [0, 0.05) is 29.0 Å². The Morgan fingerprint density at radius 3 is 2.62 bits per heavy atom. The zero-order valence-corrected chi connectivity index (χ0v) is 18.2. The average molecular weight is 452 g/mol. The number of nitrogens with one attached hydrogen (secondary N) is 2. The first-order valence-corrected chi connectivity index (χ1v) is 10.6. The van der Waals surface area contributed by atoms with E-state index in [0.29, 0.717) is 16.4 Å². The van der Waals surface area contributed by atoms with Crippen molar-refractivity contribution in [2.75, 3.05) is 18.0 Å². The number of para-hydroxylation sites is 1. The van der Waals surface area contributed by atoms with E-state index in [2.05, 4.69) is 22.0 Å². The van der Waals surface area contributed by atoms with Gasteiger partial charge in [-0.25, -0.2) is 4.68 Å². The summed E-state index contributed by atoms with van der Waals surface area (Å²) >= 11 is 5.93. The Labute approximate surface area is 189 Å². The van der Waals surface area contributed by atoms with Gasteiger partial charge in [0.1, 0.15) is 0 Å². The Kier molecular flexibility index (Phi) is 6.23. The van der Waals surface area contributed by atoms with E-state index < -0.39 is 11.3 Å². The van der Waals surface area contributed by atoms with Gasteiger partial charge in [-0.15, -0.1) is 0 Å². The lowest BCUT2D eigenvalue weighted by molar-refractivity contribution is -0.120. The second-order valence-electron chi connectivity index (χ2n) is 7.54. The fourth-order valence-corrected chi connectivity index (χ4v) is 3.85. The fraction of sp³-hybridized carbons (Fsp3) is 0.217. The van der Waals surface area contributed by atoms with Gasteiger partial charge >= 0.3 is 0 Å². The van der Waals surface area contributed by atoms with Crippen LogP contribution in [0.25, 0.3) is 5.69 Å². The summed E-state index contributed by atoms with van der Waals surface area (Å²) in [5, 5.41) is 4.74. The number of hydrogen-bond acceptors (Lipinski definition) is 5. The van der Waals surface area contributed by atoms with Crippen molar-refractivity contribution in [2.45, 2.75) is 19.8 Å². The molecule has 0 fully saturated rings. The number of anilines is 1. The number of hydrogen-bond donors (Lipinski definition) is 2. The number of benzene rings is 2. The molecule has 164 valence electrons. The van der Waals surface area contributed by atoms with E-state index in [9.17, 15) is 14.4 Å². The largest absolute Gasteiger partial charge is 0.362 e. The molecule has 0 bridgehead atoms. The van der Waals surface area contributed by atoms with Gasteiger partial charge in [-0.3, -0.25) is 25.2 Å². The van der Waals surface area contributed by atoms with E-state index in [0.717, 1.165) is 25.1 Å². The molecule has 3 aromatic rings. The molecule has 2 aromatic carbocycles. The molecule has 0 saturated carbocycles. The topological polar surface area (TPSA) is 96.3 Å². The monoisotopic (exact) mass is 451 g/mol. The molecule has 1 aliphatic heterocycles. The Bertz CT molecular complexity index is 1220. The number of halogens is 1. The maximum Gasteiger partial charge on any atom is 0.294 e. The normalized spacial score (nSPS) is 12.8. The van der Waals surface area contributed by atoms with Crippen LogP contribution in [-0.4, -0.2) is 34.7 Å². The SMILES string of the molecule is Cc1cc(=O)c(C(=O)NNC(=O)CN2CCCc3ccccc32)nn1-c1ccc(Cl)cc1. The molecular weight excluding hydrogens is 430 g/mol. The molecule has 1 aliphatic rings. The van der Waals surface area contributed by atoms with Crippen LogP contribution in [0.2, 0.25) is 5.02 Å². The highest BCUT2D eigenvalue weighted by Crippen LogP contribution is 2.26. The first kappa shape index (κ1) is 21.6. The van der Waals surface area contributed by atoms with Crippen LogP contribution < -0.4 is 21.2 Å². The van der Waals surface area contributed by atoms with E-state index in [1.165, 1.54) is 16.3 Å². The number of aromatic nitrogens is 2. The Hall–Kier alpha value is -3.65. The van der Waals surface area contributed by atoms with Gasteiger partial charge in [-0.1, -0.05) is 29.8 Å². The van der Waals surface area contributed by atoms with Crippen LogP contribution in [0.15, 0.2) is 59.4 Å². The lowest BCUT2D eigenvalue weighted by Gasteiger charge is -2.30. The second-order valence-corrected chi connectivity index (χ2v) is 7.98. The van der Waals surface area contributed by atoms with Gasteiger partial charge in [-0.2, -0.15) is 5.10 Å². The quantitative estimate of drug-likeness (QED) is 0.594. The molecule has 0 atom stereocenters. The maximum atomic E-state index is 12.6. The molecule has 1 aromatic heterocycles. The summed E-state index contributed by atoms with van der Waals surface area (Å²) in [4.78, 5) is 39.3. The summed E-state index contributed by atoms with van der Waals surface area (Å²) in [5.74, 6) is -1.18. The number of carbonyl (C=O) groups is 2. The third-order valence-corrected chi connectivity index (χ3v) is 5.50. The van der Waals surface area contributed by atoms with Crippen molar-refractivity contribution in [3.05, 3.63) is 86.8 Å². The van der Waals surface area contributed by atoms with Crippen molar-refractivity contribution in [1.29, 1.82) is 0 Å². The Morgan fingerprint density at radius 1 is 1.09 bits per heavy atom. The fourth-order valence-electron chi connectivity index (χ4n) is 3.72. The highest BCUT2D eigenvalue weighted by atomic mass is 35.5. The molecule has 8 nitrogen and oxygen atoms in total. The van der Waals surface area contributed by atoms with E-state index in [1.807, 2.05) is 23.1 Å². The van der Waals surface area contributed by atoms with Crippen molar-refractivity contribution in [3.63, 3.8) is 0 Å². The summed E-state index contributed by atoms with van der Waals surface area (Å²) < 4.78 is 1.47. The van der Waals surface area contributed by atoms with Crippen LogP contribution in [0, 0.1) is 6.92 Å². The molecule has 2 amide bonds. The van der Waals surface area contributed by atoms with E-state index in [1.54, 1.807) is 31.2 Å². The molecule has 9 heteroatoms. The minimum Gasteiger partial charge on any atom is -0.362 e. The van der Waals surface area contributed by atoms with Crippen LogP contribution in [0.5, 0.6) is 0 Å². The highest BCUT2D eigenvalue weighted by molar-refractivity contribution is 6.30. The molecule has 0 spiro atoms. The lowest BCUT2D eigenvalue weighted by atomic mass is 10.0. The molecule has 0 saturated heterocycles. The number of aryl methyl sites for hydroxylation is 2. The van der Waals surface area contributed by atoms with Crippen molar-refractivity contribution < 1.29 is 9.59 Å². The number of nitrogens with zero attached hydrogens (tertiary/aromatic N) is 3. The third-order valence-electron chi connectivity index (χ3n) is 5.25. The van der Waals surface area contributed by atoms with E-state index in [4.69, 9.17) is 11.6 Å².